The first kappa shape index (κ1) is 24.3. The Bertz CT molecular complexity index is 1650. The van der Waals surface area contributed by atoms with E-state index >= 15 is 0 Å². The van der Waals surface area contributed by atoms with Gasteiger partial charge in [0.15, 0.2) is 17.0 Å². The average Bonchev–Trinajstić information content (AvgIpc) is 3.32. The molecule has 4 rings (SSSR count). The number of carbonyl (C=O) groups is 1. The molecule has 35 heavy (non-hydrogen) atoms. The number of benzene rings is 1. The molecule has 1 N–H and O–H groups in total. The lowest BCUT2D eigenvalue weighted by Crippen LogP contribution is -2.40. The molecular weight excluding hydrogens is 476 g/mol. The number of nitrogens with zero attached hydrogens (tertiary/aromatic N) is 6. The van der Waals surface area contributed by atoms with Crippen LogP contribution in [0.2, 0.25) is 5.02 Å². The second kappa shape index (κ2) is 8.42. The summed E-state index contributed by atoms with van der Waals surface area (Å²) in [5.41, 5.74) is -0.703. The van der Waals surface area contributed by atoms with E-state index < -0.39 is 22.9 Å². The quantitative estimate of drug-likeness (QED) is 0.262. The lowest BCUT2D eigenvalue weighted by molar-refractivity contribution is 0.0540. The molecule has 0 radical (unpaired) electrons. The lowest BCUT2D eigenvalue weighted by Gasteiger charge is -2.21. The summed E-state index contributed by atoms with van der Waals surface area (Å²) < 4.78 is 10.6. The molecule has 184 valence electrons. The molecule has 0 spiro atoms. The number of hydrogen-bond acceptors (Lipinski definition) is 7. The molecule has 0 amide bonds. The molecule has 0 saturated heterocycles. The van der Waals surface area contributed by atoms with E-state index in [1.807, 2.05) is 0 Å². The number of carbonyl (C=O) groups excluding carboxylic acids is 1. The zero-order valence-electron chi connectivity index (χ0n) is 20.2. The maximum absolute atomic E-state index is 13.5. The van der Waals surface area contributed by atoms with E-state index in [1.165, 1.54) is 27.7 Å². The van der Waals surface area contributed by atoms with Gasteiger partial charge in [0.2, 0.25) is 0 Å². The number of ether oxygens (including phenoxy) is 1. The lowest BCUT2D eigenvalue weighted by atomic mass is 10.2. The number of fused-ring (bicyclic) bond motifs is 2. The Kier molecular flexibility index (Phi) is 5.84. The van der Waals surface area contributed by atoms with Gasteiger partial charge in [-0.15, -0.1) is 0 Å². The minimum Gasteiger partial charge on any atom is -0.443 e. The van der Waals surface area contributed by atoms with Crippen LogP contribution in [0, 0.1) is 0 Å². The van der Waals surface area contributed by atoms with Crippen molar-refractivity contribution in [3.05, 3.63) is 61.6 Å². The summed E-state index contributed by atoms with van der Waals surface area (Å²) in [6, 6.07) is 6.76. The highest BCUT2D eigenvalue weighted by Crippen LogP contribution is 2.28. The molecule has 0 bridgehead atoms. The monoisotopic (exact) mass is 500 g/mol. The van der Waals surface area contributed by atoms with Crippen molar-refractivity contribution in [3.8, 4) is 0 Å². The van der Waals surface area contributed by atoms with Gasteiger partial charge in [-0.3, -0.25) is 13.9 Å². The van der Waals surface area contributed by atoms with Gasteiger partial charge in [0, 0.05) is 24.5 Å². The summed E-state index contributed by atoms with van der Waals surface area (Å²) in [7, 11) is 3.08. The summed E-state index contributed by atoms with van der Waals surface area (Å²) >= 11 is 6.37. The normalized spacial score (nSPS) is 12.6. The van der Waals surface area contributed by atoms with Crippen LogP contribution < -0.4 is 11.2 Å². The average molecular weight is 501 g/mol. The second-order valence-electron chi connectivity index (χ2n) is 9.21. The van der Waals surface area contributed by atoms with Crippen LogP contribution in [-0.4, -0.2) is 45.9 Å². The number of hydrogen-bond donors (Lipinski definition) is 1. The maximum Gasteiger partial charge on any atom is 0.419 e. The van der Waals surface area contributed by atoms with Gasteiger partial charge in [-0.05, 0) is 45.9 Å². The fourth-order valence-corrected chi connectivity index (χ4v) is 4.23. The van der Waals surface area contributed by atoms with E-state index in [9.17, 15) is 14.4 Å². The van der Waals surface area contributed by atoms with Crippen LogP contribution in [0.25, 0.3) is 22.1 Å². The van der Waals surface area contributed by atoms with Crippen LogP contribution >= 0.6 is 11.6 Å². The van der Waals surface area contributed by atoms with Crippen LogP contribution in [0.1, 0.15) is 39.2 Å². The van der Waals surface area contributed by atoms with Crippen molar-refractivity contribution in [1.29, 1.82) is 0 Å². The predicted molar refractivity (Wildman–Crippen MR) is 132 cm³/mol. The summed E-state index contributed by atoms with van der Waals surface area (Å²) in [5, 5.41) is 13.3. The van der Waals surface area contributed by atoms with Gasteiger partial charge >= 0.3 is 11.8 Å². The number of halogens is 1. The van der Waals surface area contributed by atoms with Crippen molar-refractivity contribution >= 4 is 45.5 Å². The molecule has 0 aliphatic carbocycles. The standard InChI is InChI=1S/C23H25ClN6O5/c1-12(26-34)18-25-19-17(27(18)5)20(31)29(21(32)28(19)6)11-13-10-14-15(24)8-7-9-16(14)30(13)22(33)35-23(2,3)4/h7-10,34H,11H2,1-6H3/b26-12-. The highest BCUT2D eigenvalue weighted by atomic mass is 35.5. The van der Waals surface area contributed by atoms with Crippen LogP contribution in [0.15, 0.2) is 39.0 Å². The number of rotatable bonds is 3. The van der Waals surface area contributed by atoms with Gasteiger partial charge < -0.3 is 14.5 Å². The molecule has 0 aliphatic rings. The van der Waals surface area contributed by atoms with Crippen molar-refractivity contribution in [3.63, 3.8) is 0 Å². The molecule has 0 saturated carbocycles. The SMILES string of the molecule is C/C(=N/O)c1nc2c(c(=O)n(Cc3cc4c(Cl)cccc4n3C(=O)OC(C)(C)C)c(=O)n2C)n1C. The number of aryl methyl sites for hydroxylation is 2. The summed E-state index contributed by atoms with van der Waals surface area (Å²) in [5.74, 6) is 0.238. The fourth-order valence-electron chi connectivity index (χ4n) is 4.00. The second-order valence-corrected chi connectivity index (χ2v) is 9.62. The minimum atomic E-state index is -0.771. The molecule has 3 aromatic heterocycles. The molecular formula is C23H25ClN6O5. The van der Waals surface area contributed by atoms with Crippen LogP contribution in [0.3, 0.4) is 0 Å². The third-order valence-electron chi connectivity index (χ3n) is 5.60. The van der Waals surface area contributed by atoms with E-state index in [0.29, 0.717) is 21.6 Å². The van der Waals surface area contributed by atoms with Gasteiger partial charge in [-0.2, -0.15) is 0 Å². The Morgan fingerprint density at radius 1 is 1.20 bits per heavy atom. The predicted octanol–water partition coefficient (Wildman–Crippen LogP) is 3.07. The largest absolute Gasteiger partial charge is 0.443 e. The first-order chi connectivity index (χ1) is 16.4. The molecule has 12 heteroatoms. The van der Waals surface area contributed by atoms with Crippen molar-refractivity contribution in [2.45, 2.75) is 39.8 Å². The molecule has 4 aromatic rings. The highest BCUT2D eigenvalue weighted by molar-refractivity contribution is 6.35. The molecule has 1 aromatic carbocycles. The first-order valence-corrected chi connectivity index (χ1v) is 11.1. The molecule has 0 fully saturated rings. The minimum absolute atomic E-state index is 0.142. The van der Waals surface area contributed by atoms with Crippen LogP contribution in [0.4, 0.5) is 4.79 Å². The third kappa shape index (κ3) is 4.01. The van der Waals surface area contributed by atoms with E-state index in [0.717, 1.165) is 4.57 Å². The zero-order chi connectivity index (χ0) is 25.8. The smallest absolute Gasteiger partial charge is 0.419 e. The highest BCUT2D eigenvalue weighted by Gasteiger charge is 2.25. The first-order valence-electron chi connectivity index (χ1n) is 10.7. The Balaban J connectivity index is 1.97. The Morgan fingerprint density at radius 2 is 1.89 bits per heavy atom. The topological polar surface area (TPSA) is 126 Å². The number of aromatic nitrogens is 5. The van der Waals surface area contributed by atoms with Crippen molar-refractivity contribution in [1.82, 2.24) is 23.3 Å². The van der Waals surface area contributed by atoms with Crippen molar-refractivity contribution < 1.29 is 14.7 Å². The zero-order valence-corrected chi connectivity index (χ0v) is 20.9. The summed E-state index contributed by atoms with van der Waals surface area (Å²) in [6.07, 6.45) is -0.659. The fraction of sp³-hybridized carbons (Fsp3) is 0.348. The molecule has 0 unspecified atom stereocenters. The summed E-state index contributed by atoms with van der Waals surface area (Å²) in [6.45, 7) is 6.54. The molecule has 11 nitrogen and oxygen atoms in total. The van der Waals surface area contributed by atoms with Crippen LogP contribution in [0.5, 0.6) is 0 Å². The van der Waals surface area contributed by atoms with Crippen LogP contribution in [-0.2, 0) is 25.4 Å². The van der Waals surface area contributed by atoms with E-state index in [4.69, 9.17) is 21.5 Å². The van der Waals surface area contributed by atoms with Crippen molar-refractivity contribution in [2.75, 3.05) is 0 Å². The molecule has 3 heterocycles. The summed E-state index contributed by atoms with van der Waals surface area (Å²) in [4.78, 5) is 44.1. The number of oxime groups is 1. The maximum atomic E-state index is 13.5. The van der Waals surface area contributed by atoms with Crippen molar-refractivity contribution in [2.24, 2.45) is 19.3 Å². The van der Waals surface area contributed by atoms with Gasteiger partial charge in [0.25, 0.3) is 5.56 Å². The Labute approximate surface area is 204 Å². The van der Waals surface area contributed by atoms with E-state index in [1.54, 1.807) is 52.1 Å². The number of imidazole rings is 1. The van der Waals surface area contributed by atoms with Gasteiger partial charge in [-0.1, -0.05) is 22.8 Å². The molecule has 0 aliphatic heterocycles. The van der Waals surface area contributed by atoms with Gasteiger partial charge in [0.05, 0.1) is 17.8 Å². The Morgan fingerprint density at radius 3 is 2.51 bits per heavy atom. The van der Waals surface area contributed by atoms with Gasteiger partial charge in [0.1, 0.15) is 11.3 Å². The molecule has 0 atom stereocenters. The van der Waals surface area contributed by atoms with E-state index in [-0.39, 0.29) is 29.2 Å². The van der Waals surface area contributed by atoms with E-state index in [2.05, 4.69) is 10.1 Å². The Hall–Kier alpha value is -3.86. The third-order valence-corrected chi connectivity index (χ3v) is 5.93. The van der Waals surface area contributed by atoms with Gasteiger partial charge in [-0.25, -0.2) is 19.1 Å².